The zero-order valence-corrected chi connectivity index (χ0v) is 21.1. The van der Waals surface area contributed by atoms with Gasteiger partial charge in [-0.3, -0.25) is 0 Å². The van der Waals surface area contributed by atoms with Crippen LogP contribution in [0.25, 0.3) is 27.8 Å². The van der Waals surface area contributed by atoms with Crippen LogP contribution in [-0.4, -0.2) is 51.5 Å². The molecule has 2 N–H and O–H groups in total. The van der Waals surface area contributed by atoms with Crippen LogP contribution in [0.5, 0.6) is 5.75 Å². The first-order valence-corrected chi connectivity index (χ1v) is 12.8. The summed E-state index contributed by atoms with van der Waals surface area (Å²) in [6.07, 6.45) is 8.51. The van der Waals surface area contributed by atoms with Crippen LogP contribution in [0.1, 0.15) is 69.4 Å². The first-order valence-electron chi connectivity index (χ1n) is 12.8. The van der Waals surface area contributed by atoms with Gasteiger partial charge in [0, 0.05) is 28.7 Å². The third-order valence-corrected chi connectivity index (χ3v) is 7.88. The maximum Gasteiger partial charge on any atom is 0.197 e. The van der Waals surface area contributed by atoms with Crippen LogP contribution in [0, 0.1) is 0 Å². The lowest BCUT2D eigenvalue weighted by molar-refractivity contribution is -0.0712. The predicted octanol–water partition coefficient (Wildman–Crippen LogP) is 5.41. The van der Waals surface area contributed by atoms with Crippen LogP contribution in [0.2, 0.25) is 0 Å². The lowest BCUT2D eigenvalue weighted by Gasteiger charge is -2.43. The molecule has 4 aromatic rings. The van der Waals surface area contributed by atoms with Gasteiger partial charge in [0.1, 0.15) is 6.33 Å². The van der Waals surface area contributed by atoms with E-state index in [9.17, 15) is 0 Å². The summed E-state index contributed by atoms with van der Waals surface area (Å²) in [4.78, 5) is 8.03. The molecule has 184 valence electrons. The number of aromatic nitrogens is 4. The monoisotopic (exact) mass is 473 g/mol. The third kappa shape index (κ3) is 4.00. The van der Waals surface area contributed by atoms with Crippen LogP contribution >= 0.6 is 0 Å². The Kier molecular flexibility index (Phi) is 5.57. The summed E-state index contributed by atoms with van der Waals surface area (Å²) in [5.41, 5.74) is 7.08. The van der Waals surface area contributed by atoms with E-state index in [4.69, 9.17) is 9.47 Å². The average Bonchev–Trinajstić information content (AvgIpc) is 3.47. The Labute approximate surface area is 206 Å². The third-order valence-electron chi connectivity index (χ3n) is 7.88. The highest BCUT2D eigenvalue weighted by molar-refractivity contribution is 5.92. The molecule has 6 rings (SSSR count). The SMILES string of the molecule is COc1cc(-c2[nH]c3ccc(C4CCC(NC5(C)COC5)CC4)cc3c2C(C)C)cn2ncnc12. The fourth-order valence-corrected chi connectivity index (χ4v) is 6.05. The van der Waals surface area contributed by atoms with Gasteiger partial charge in [-0.05, 0) is 73.8 Å². The van der Waals surface area contributed by atoms with E-state index < -0.39 is 0 Å². The molecule has 0 bridgehead atoms. The second-order valence-electron chi connectivity index (χ2n) is 10.9. The van der Waals surface area contributed by atoms with Gasteiger partial charge < -0.3 is 19.8 Å². The van der Waals surface area contributed by atoms with Crippen molar-refractivity contribution in [2.24, 2.45) is 0 Å². The van der Waals surface area contributed by atoms with Gasteiger partial charge in [-0.1, -0.05) is 19.9 Å². The van der Waals surface area contributed by atoms with Crippen LogP contribution in [-0.2, 0) is 4.74 Å². The molecule has 35 heavy (non-hydrogen) atoms. The van der Waals surface area contributed by atoms with Crippen LogP contribution < -0.4 is 10.1 Å². The lowest BCUT2D eigenvalue weighted by Crippen LogP contribution is -2.61. The second kappa shape index (κ2) is 8.64. The van der Waals surface area contributed by atoms with Gasteiger partial charge in [0.15, 0.2) is 11.4 Å². The number of hydrogen-bond donors (Lipinski definition) is 2. The van der Waals surface area contributed by atoms with E-state index in [-0.39, 0.29) is 5.54 Å². The molecule has 7 nitrogen and oxygen atoms in total. The van der Waals surface area contributed by atoms with Crippen molar-refractivity contribution >= 4 is 16.6 Å². The van der Waals surface area contributed by atoms with Crippen molar-refractivity contribution in [2.75, 3.05) is 20.3 Å². The molecule has 1 saturated heterocycles. The number of benzene rings is 1. The number of H-pyrrole nitrogens is 1. The van der Waals surface area contributed by atoms with Gasteiger partial charge in [-0.2, -0.15) is 5.10 Å². The Hall–Kier alpha value is -2.90. The van der Waals surface area contributed by atoms with Gasteiger partial charge in [0.2, 0.25) is 0 Å². The van der Waals surface area contributed by atoms with Gasteiger partial charge in [-0.15, -0.1) is 0 Å². The largest absolute Gasteiger partial charge is 0.493 e. The van der Waals surface area contributed by atoms with Gasteiger partial charge in [0.25, 0.3) is 0 Å². The Balaban J connectivity index is 1.31. The van der Waals surface area contributed by atoms with Crippen molar-refractivity contribution in [2.45, 2.75) is 69.9 Å². The number of rotatable bonds is 6. The summed E-state index contributed by atoms with van der Waals surface area (Å²) in [6, 6.07) is 9.70. The molecule has 2 aliphatic rings. The Bertz CT molecular complexity index is 1360. The summed E-state index contributed by atoms with van der Waals surface area (Å²) < 4.78 is 12.8. The smallest absolute Gasteiger partial charge is 0.197 e. The number of nitrogens with zero attached hydrogens (tertiary/aromatic N) is 3. The molecule has 0 spiro atoms. The molecule has 0 atom stereocenters. The Morgan fingerprint density at radius 1 is 1.17 bits per heavy atom. The first-order chi connectivity index (χ1) is 16.9. The van der Waals surface area contributed by atoms with E-state index in [1.54, 1.807) is 18.0 Å². The molecule has 1 saturated carbocycles. The van der Waals surface area contributed by atoms with Gasteiger partial charge >= 0.3 is 0 Å². The number of aromatic amines is 1. The molecular formula is C28H35N5O2. The Morgan fingerprint density at radius 3 is 2.66 bits per heavy atom. The van der Waals surface area contributed by atoms with E-state index in [1.165, 1.54) is 47.7 Å². The topological polar surface area (TPSA) is 76.5 Å². The maximum atomic E-state index is 5.62. The molecule has 0 amide bonds. The molecule has 7 heteroatoms. The summed E-state index contributed by atoms with van der Waals surface area (Å²) in [7, 11) is 1.68. The minimum atomic E-state index is 0.183. The fourth-order valence-electron chi connectivity index (χ4n) is 6.05. The summed E-state index contributed by atoms with van der Waals surface area (Å²) in [5.74, 6) is 1.71. The standard InChI is InChI=1S/C28H35N5O2/c1-17(2)25-22-11-19(18-5-8-21(9-6-18)32-28(3)14-35-15-28)7-10-23(22)31-26(25)20-12-24(34-4)27-29-16-30-33(27)13-20/h7,10-13,16-18,21,31-32H,5-6,8-9,14-15H2,1-4H3. The van der Waals surface area contributed by atoms with Crippen molar-refractivity contribution in [3.63, 3.8) is 0 Å². The number of nitrogens with one attached hydrogen (secondary N) is 2. The van der Waals surface area contributed by atoms with Crippen molar-refractivity contribution < 1.29 is 9.47 Å². The normalized spacial score (nSPS) is 22.1. The van der Waals surface area contributed by atoms with Crippen molar-refractivity contribution in [3.8, 4) is 17.0 Å². The molecule has 2 fully saturated rings. The van der Waals surface area contributed by atoms with E-state index in [0.29, 0.717) is 17.9 Å². The average molecular weight is 474 g/mol. The number of fused-ring (bicyclic) bond motifs is 2. The highest BCUT2D eigenvalue weighted by Gasteiger charge is 2.36. The maximum absolute atomic E-state index is 5.62. The fraction of sp³-hybridized carbons (Fsp3) is 0.500. The van der Waals surface area contributed by atoms with E-state index in [2.05, 4.69) is 65.4 Å². The van der Waals surface area contributed by atoms with Crippen LogP contribution in [0.4, 0.5) is 0 Å². The number of pyridine rings is 1. The summed E-state index contributed by atoms with van der Waals surface area (Å²) in [6.45, 7) is 8.50. The zero-order valence-electron chi connectivity index (χ0n) is 21.1. The van der Waals surface area contributed by atoms with Crippen molar-refractivity contribution in [1.82, 2.24) is 24.9 Å². The molecule has 0 radical (unpaired) electrons. The van der Waals surface area contributed by atoms with E-state index in [0.717, 1.165) is 35.9 Å². The van der Waals surface area contributed by atoms with Crippen molar-refractivity contribution in [3.05, 3.63) is 47.9 Å². The zero-order chi connectivity index (χ0) is 24.2. The Morgan fingerprint density at radius 2 is 1.97 bits per heavy atom. The molecular weight excluding hydrogens is 438 g/mol. The van der Waals surface area contributed by atoms with Crippen LogP contribution in [0.3, 0.4) is 0 Å². The molecule has 4 heterocycles. The highest BCUT2D eigenvalue weighted by Crippen LogP contribution is 2.40. The number of ether oxygens (including phenoxy) is 2. The van der Waals surface area contributed by atoms with Gasteiger partial charge in [-0.25, -0.2) is 9.50 Å². The van der Waals surface area contributed by atoms with Gasteiger partial charge in [0.05, 0.1) is 31.6 Å². The highest BCUT2D eigenvalue weighted by atomic mass is 16.5. The first kappa shape index (κ1) is 22.6. The molecule has 3 aromatic heterocycles. The molecule has 0 unspecified atom stereocenters. The van der Waals surface area contributed by atoms with E-state index >= 15 is 0 Å². The predicted molar refractivity (Wildman–Crippen MR) is 138 cm³/mol. The number of hydrogen-bond acceptors (Lipinski definition) is 5. The minimum absolute atomic E-state index is 0.183. The minimum Gasteiger partial charge on any atom is -0.493 e. The molecule has 1 aromatic carbocycles. The summed E-state index contributed by atoms with van der Waals surface area (Å²) in [5, 5.41) is 9.52. The molecule has 1 aliphatic carbocycles. The quantitative estimate of drug-likeness (QED) is 0.391. The van der Waals surface area contributed by atoms with E-state index in [1.807, 2.05) is 6.20 Å². The van der Waals surface area contributed by atoms with Crippen molar-refractivity contribution in [1.29, 1.82) is 0 Å². The lowest BCUT2D eigenvalue weighted by atomic mass is 9.80. The molecule has 1 aliphatic heterocycles. The number of methoxy groups -OCH3 is 1. The van der Waals surface area contributed by atoms with Crippen LogP contribution in [0.15, 0.2) is 36.8 Å². The summed E-state index contributed by atoms with van der Waals surface area (Å²) >= 11 is 0. The second-order valence-corrected chi connectivity index (χ2v) is 10.9.